The summed E-state index contributed by atoms with van der Waals surface area (Å²) in [7, 11) is 0. The Kier molecular flexibility index (Phi) is 10.5. The number of nitrogens with one attached hydrogen (secondary N) is 1. The Bertz CT molecular complexity index is 2090. The van der Waals surface area contributed by atoms with Crippen molar-refractivity contribution in [1.29, 1.82) is 0 Å². The highest BCUT2D eigenvalue weighted by Crippen LogP contribution is 2.42. The first-order valence-electron chi connectivity index (χ1n) is 16.7. The van der Waals surface area contributed by atoms with E-state index in [0.717, 1.165) is 22.3 Å². The number of rotatable bonds is 12. The number of allylic oxidation sites excluding steroid dienone is 10. The third-order valence-electron chi connectivity index (χ3n) is 9.77. The monoisotopic (exact) mass is 705 g/mol. The lowest BCUT2D eigenvalue weighted by Crippen LogP contribution is -2.50. The Morgan fingerprint density at radius 1 is 0.846 bits per heavy atom. The molecule has 0 aromatic heterocycles. The molecule has 0 spiro atoms. The minimum Gasteiger partial charge on any atom is -0.550 e. The second-order valence-corrected chi connectivity index (χ2v) is 12.9. The van der Waals surface area contributed by atoms with Crippen molar-refractivity contribution in [3.63, 3.8) is 0 Å². The number of carbonyl (C=O) groups is 5. The second kappa shape index (κ2) is 14.7. The van der Waals surface area contributed by atoms with E-state index in [1.165, 1.54) is 6.92 Å². The fourth-order valence-electron chi connectivity index (χ4n) is 6.96. The molecule has 0 fully saturated rings. The van der Waals surface area contributed by atoms with Crippen LogP contribution < -0.4 is 25.7 Å². The van der Waals surface area contributed by atoms with Gasteiger partial charge in [-0.15, -0.1) is 0 Å². The zero-order valence-corrected chi connectivity index (χ0v) is 29.2. The molecule has 5 heterocycles. The number of aliphatic carboxylic acids is 4. The highest BCUT2D eigenvalue weighted by molar-refractivity contribution is 6.30. The lowest BCUT2D eigenvalue weighted by atomic mass is 9.83. The molecule has 52 heavy (non-hydrogen) atoms. The fraction of sp³-hybridized carbons (Fsp3) is 0.342. The molecule has 5 aliphatic rings. The van der Waals surface area contributed by atoms with Crippen molar-refractivity contribution >= 4 is 52.6 Å². The average molecular weight is 706 g/mol. The summed E-state index contributed by atoms with van der Waals surface area (Å²) < 4.78 is 0. The molecule has 0 aromatic rings. The van der Waals surface area contributed by atoms with Gasteiger partial charge in [0.25, 0.3) is 0 Å². The molecule has 8 bridgehead atoms. The van der Waals surface area contributed by atoms with E-state index in [0.29, 0.717) is 34.9 Å². The summed E-state index contributed by atoms with van der Waals surface area (Å²) >= 11 is 0. The van der Waals surface area contributed by atoms with Gasteiger partial charge in [0.15, 0.2) is 0 Å². The molecule has 1 N–H and O–H groups in total. The number of hydrogen-bond donors (Lipinski definition) is 1. The number of fused-ring (bicyclic) bond motifs is 4. The van der Waals surface area contributed by atoms with Crippen LogP contribution in [0.25, 0.3) is 0 Å². The topological polar surface area (TPSA) is 239 Å². The molecule has 0 saturated heterocycles. The first kappa shape index (κ1) is 37.2. The quantitative estimate of drug-likeness (QED) is 0.277. The van der Waals surface area contributed by atoms with Gasteiger partial charge in [-0.1, -0.05) is 26.5 Å². The maximum Gasteiger partial charge on any atom is 0.225 e. The SMILES string of the molecule is C=CC1=C(C)C2=CC3=NC(=C(CC(=O)NC(CC(=O)[O-])C(=O)[O-])C4=NC(=CC5=NC(=CC1=N2)C(C)=C5CC)C(C)=C4C(=O)[O-])C(CCC(=O)[O-])C3C. The number of carbonyl (C=O) groups excluding carboxylic acids is 5. The maximum absolute atomic E-state index is 13.5. The lowest BCUT2D eigenvalue weighted by molar-refractivity contribution is -0.317. The molecule has 0 radical (unpaired) electrons. The summed E-state index contributed by atoms with van der Waals surface area (Å²) in [6, 6.07) is -1.97. The summed E-state index contributed by atoms with van der Waals surface area (Å²) in [6.07, 6.45) is 5.24. The van der Waals surface area contributed by atoms with Gasteiger partial charge in [0.1, 0.15) is 0 Å². The van der Waals surface area contributed by atoms with Crippen molar-refractivity contribution in [2.75, 3.05) is 0 Å². The van der Waals surface area contributed by atoms with E-state index < -0.39 is 66.9 Å². The predicted molar refractivity (Wildman–Crippen MR) is 183 cm³/mol. The van der Waals surface area contributed by atoms with Gasteiger partial charge >= 0.3 is 0 Å². The molecule has 3 atom stereocenters. The molecule has 270 valence electrons. The summed E-state index contributed by atoms with van der Waals surface area (Å²) in [4.78, 5) is 80.3. The van der Waals surface area contributed by atoms with Crippen LogP contribution in [0, 0.1) is 11.8 Å². The van der Waals surface area contributed by atoms with Crippen molar-refractivity contribution in [2.24, 2.45) is 31.8 Å². The van der Waals surface area contributed by atoms with Gasteiger partial charge in [0, 0.05) is 52.6 Å². The van der Waals surface area contributed by atoms with E-state index in [4.69, 9.17) is 20.0 Å². The van der Waals surface area contributed by atoms with E-state index >= 15 is 0 Å². The largest absolute Gasteiger partial charge is 0.550 e. The van der Waals surface area contributed by atoms with Crippen molar-refractivity contribution in [3.8, 4) is 0 Å². The molecule has 0 saturated carbocycles. The lowest BCUT2D eigenvalue weighted by Gasteiger charge is -2.23. The van der Waals surface area contributed by atoms with Crippen molar-refractivity contribution in [2.45, 2.75) is 72.8 Å². The highest BCUT2D eigenvalue weighted by Gasteiger charge is 2.38. The van der Waals surface area contributed by atoms with Crippen molar-refractivity contribution < 1.29 is 44.4 Å². The number of hydrogen-bond acceptors (Lipinski definition) is 13. The number of amides is 1. The van der Waals surface area contributed by atoms with Gasteiger partial charge < -0.3 is 44.9 Å². The molecular weight excluding hydrogens is 670 g/mol. The van der Waals surface area contributed by atoms with Crippen LogP contribution in [0.5, 0.6) is 0 Å². The average Bonchev–Trinajstić information content (AvgIpc) is 3.74. The Labute approximate surface area is 299 Å². The molecule has 3 unspecified atom stereocenters. The summed E-state index contributed by atoms with van der Waals surface area (Å²) in [5.74, 6) is -8.82. The van der Waals surface area contributed by atoms with E-state index in [1.54, 1.807) is 25.2 Å². The number of carboxylic acid groups (broad SMARTS) is 4. The number of aliphatic imine (C=N–C) groups is 4. The van der Waals surface area contributed by atoms with E-state index in [1.807, 2.05) is 26.8 Å². The molecule has 0 aromatic carbocycles. The number of carboxylic acids is 4. The molecule has 1 amide bonds. The van der Waals surface area contributed by atoms with Crippen molar-refractivity contribution in [1.82, 2.24) is 5.32 Å². The molecule has 5 aliphatic heterocycles. The first-order valence-corrected chi connectivity index (χ1v) is 16.7. The third kappa shape index (κ3) is 7.09. The van der Waals surface area contributed by atoms with Gasteiger partial charge in [-0.3, -0.25) is 9.79 Å². The van der Waals surface area contributed by atoms with E-state index in [2.05, 4.69) is 11.9 Å². The number of nitrogens with zero attached hydrogens (tertiary/aromatic N) is 4. The Morgan fingerprint density at radius 3 is 2.08 bits per heavy atom. The molecule has 5 rings (SSSR count). The Balaban J connectivity index is 1.84. The van der Waals surface area contributed by atoms with Crippen LogP contribution in [0.15, 0.2) is 113 Å². The van der Waals surface area contributed by atoms with Crippen molar-refractivity contribution in [3.05, 3.63) is 92.7 Å². The summed E-state index contributed by atoms with van der Waals surface area (Å²) in [6.45, 7) is 13.0. The maximum atomic E-state index is 13.5. The third-order valence-corrected chi connectivity index (χ3v) is 9.77. The van der Waals surface area contributed by atoms with Crippen LogP contribution in [-0.2, 0) is 24.0 Å². The van der Waals surface area contributed by atoms with Crippen LogP contribution in [0.2, 0.25) is 0 Å². The Morgan fingerprint density at radius 2 is 1.48 bits per heavy atom. The highest BCUT2D eigenvalue weighted by atomic mass is 16.4. The van der Waals surface area contributed by atoms with Gasteiger partial charge in [-0.05, 0) is 80.6 Å². The zero-order chi connectivity index (χ0) is 38.2. The molecule has 14 heteroatoms. The normalized spacial score (nSPS) is 21.6. The van der Waals surface area contributed by atoms with Crippen LogP contribution in [-0.4, -0.2) is 58.7 Å². The van der Waals surface area contributed by atoms with E-state index in [9.17, 15) is 44.4 Å². The standard InChI is InChI=1S/C38H39N5O9/c1-7-20-16(3)24-12-26-18(5)22(9-10-32(45)46)35(42-26)23(11-31(44)41-30(37(49)50)15-33(47)48)36-34(38(51)52)19(6)27(43-36)14-29-21(8-2)17(4)25(40-29)13-28(20)39-24/h7,12-14,18,22,30H,1,8-11,15H2,2-6H3,(H,41,44)(H,45,46)(H,47,48)(H,49,50)(H,51,52)/p-4. The smallest absolute Gasteiger partial charge is 0.225 e. The van der Waals surface area contributed by atoms with Crippen LogP contribution in [0.1, 0.15) is 66.7 Å². The van der Waals surface area contributed by atoms with Gasteiger partial charge in [-0.2, -0.15) is 0 Å². The van der Waals surface area contributed by atoms with Crippen LogP contribution >= 0.6 is 0 Å². The van der Waals surface area contributed by atoms with Crippen LogP contribution in [0.4, 0.5) is 0 Å². The van der Waals surface area contributed by atoms with Gasteiger partial charge in [-0.25, -0.2) is 15.0 Å². The van der Waals surface area contributed by atoms with Gasteiger partial charge in [0.05, 0.1) is 64.3 Å². The molecular formula is C38H35N5O9-4. The fourth-order valence-corrected chi connectivity index (χ4v) is 6.96. The zero-order valence-electron chi connectivity index (χ0n) is 29.2. The predicted octanol–water partition coefficient (Wildman–Crippen LogP) is -0.433. The summed E-state index contributed by atoms with van der Waals surface area (Å²) in [5, 5.41) is 49.6. The van der Waals surface area contributed by atoms with Crippen LogP contribution in [0.3, 0.4) is 0 Å². The molecule has 14 nitrogen and oxygen atoms in total. The second-order valence-electron chi connectivity index (χ2n) is 12.9. The van der Waals surface area contributed by atoms with E-state index in [-0.39, 0.29) is 40.2 Å². The minimum absolute atomic E-state index is 0.0279. The minimum atomic E-state index is -1.97. The van der Waals surface area contributed by atoms with Gasteiger partial charge in [0.2, 0.25) is 5.91 Å². The first-order chi connectivity index (χ1) is 24.6. The summed E-state index contributed by atoms with van der Waals surface area (Å²) in [5.41, 5.74) is 5.99. The Hall–Kier alpha value is -6.05. The molecule has 0 aliphatic carbocycles.